The molecule has 0 aliphatic heterocycles. The van der Waals surface area contributed by atoms with E-state index in [-0.39, 0.29) is 0 Å². The molecule has 124 valence electrons. The standard InChI is InChI=1S/C24H15IS/c25-20-10-6-17(7-11-20)19-9-13-24-22(15-19)21-14-18(8-12-23(21)26-24)16-4-2-1-3-5-16/h1-15H. The summed E-state index contributed by atoms with van der Waals surface area (Å²) in [5.74, 6) is 0. The average Bonchev–Trinajstić information content (AvgIpc) is 3.06. The first-order valence-corrected chi connectivity index (χ1v) is 10.5. The predicted molar refractivity (Wildman–Crippen MR) is 123 cm³/mol. The zero-order chi connectivity index (χ0) is 17.5. The summed E-state index contributed by atoms with van der Waals surface area (Å²) in [6.07, 6.45) is 0. The van der Waals surface area contributed by atoms with E-state index in [0.717, 1.165) is 0 Å². The van der Waals surface area contributed by atoms with Crippen molar-refractivity contribution in [2.24, 2.45) is 0 Å². The van der Waals surface area contributed by atoms with Crippen molar-refractivity contribution in [1.82, 2.24) is 0 Å². The van der Waals surface area contributed by atoms with E-state index in [4.69, 9.17) is 0 Å². The molecule has 0 atom stereocenters. The minimum Gasteiger partial charge on any atom is -0.135 e. The van der Waals surface area contributed by atoms with Crippen LogP contribution in [-0.4, -0.2) is 0 Å². The maximum atomic E-state index is 2.35. The van der Waals surface area contributed by atoms with Gasteiger partial charge in [-0.25, -0.2) is 0 Å². The van der Waals surface area contributed by atoms with Gasteiger partial charge in [0, 0.05) is 23.7 Å². The highest BCUT2D eigenvalue weighted by molar-refractivity contribution is 14.1. The molecule has 0 radical (unpaired) electrons. The van der Waals surface area contributed by atoms with Crippen LogP contribution >= 0.6 is 33.9 Å². The van der Waals surface area contributed by atoms with Crippen LogP contribution in [0.4, 0.5) is 0 Å². The van der Waals surface area contributed by atoms with Gasteiger partial charge in [-0.05, 0) is 81.2 Å². The lowest BCUT2D eigenvalue weighted by molar-refractivity contribution is 1.61. The second-order valence-corrected chi connectivity index (χ2v) is 8.73. The van der Waals surface area contributed by atoms with Crippen LogP contribution in [0, 0.1) is 3.57 Å². The third kappa shape index (κ3) is 2.83. The van der Waals surface area contributed by atoms with Crippen LogP contribution in [0.25, 0.3) is 42.4 Å². The molecule has 0 fully saturated rings. The summed E-state index contributed by atoms with van der Waals surface area (Å²) in [4.78, 5) is 0. The zero-order valence-corrected chi connectivity index (χ0v) is 16.9. The highest BCUT2D eigenvalue weighted by atomic mass is 127. The molecule has 0 bridgehead atoms. The van der Waals surface area contributed by atoms with Crippen molar-refractivity contribution in [3.8, 4) is 22.3 Å². The Morgan fingerprint density at radius 2 is 1.00 bits per heavy atom. The zero-order valence-electron chi connectivity index (χ0n) is 13.9. The predicted octanol–water partition coefficient (Wildman–Crippen LogP) is 7.99. The Labute approximate surface area is 170 Å². The molecule has 5 aromatic rings. The number of benzene rings is 4. The highest BCUT2D eigenvalue weighted by Crippen LogP contribution is 2.38. The van der Waals surface area contributed by atoms with Crippen molar-refractivity contribution in [3.63, 3.8) is 0 Å². The summed E-state index contributed by atoms with van der Waals surface area (Å²) in [6, 6.07) is 33.0. The van der Waals surface area contributed by atoms with Gasteiger partial charge in [0.05, 0.1) is 0 Å². The lowest BCUT2D eigenvalue weighted by atomic mass is 10.0. The Balaban J connectivity index is 1.71. The fraction of sp³-hybridized carbons (Fsp3) is 0. The molecule has 4 aromatic carbocycles. The lowest BCUT2D eigenvalue weighted by Gasteiger charge is -2.04. The Hall–Kier alpha value is -2.17. The Kier molecular flexibility index (Phi) is 4.03. The fourth-order valence-corrected chi connectivity index (χ4v) is 4.84. The van der Waals surface area contributed by atoms with E-state index in [1.54, 1.807) is 0 Å². The maximum Gasteiger partial charge on any atom is 0.0355 e. The van der Waals surface area contributed by atoms with Gasteiger partial charge in [0.2, 0.25) is 0 Å². The molecule has 0 aliphatic rings. The number of thiophene rings is 1. The quantitative estimate of drug-likeness (QED) is 0.233. The van der Waals surface area contributed by atoms with Crippen molar-refractivity contribution < 1.29 is 0 Å². The summed E-state index contributed by atoms with van der Waals surface area (Å²) >= 11 is 4.22. The molecule has 1 aromatic heterocycles. The largest absolute Gasteiger partial charge is 0.135 e. The second kappa shape index (κ2) is 6.53. The first-order chi connectivity index (χ1) is 12.8. The molecular formula is C24H15IS. The van der Waals surface area contributed by atoms with Gasteiger partial charge in [-0.2, -0.15) is 0 Å². The molecular weight excluding hydrogens is 447 g/mol. The van der Waals surface area contributed by atoms with E-state index < -0.39 is 0 Å². The molecule has 0 unspecified atom stereocenters. The summed E-state index contributed by atoms with van der Waals surface area (Å²) < 4.78 is 3.96. The van der Waals surface area contributed by atoms with Crippen LogP contribution in [0.2, 0.25) is 0 Å². The van der Waals surface area contributed by atoms with Crippen molar-refractivity contribution in [1.29, 1.82) is 0 Å². The van der Waals surface area contributed by atoms with Crippen molar-refractivity contribution in [2.45, 2.75) is 0 Å². The summed E-state index contributed by atoms with van der Waals surface area (Å²) in [5.41, 5.74) is 5.09. The van der Waals surface area contributed by atoms with Gasteiger partial charge >= 0.3 is 0 Å². The number of fused-ring (bicyclic) bond motifs is 3. The highest BCUT2D eigenvalue weighted by Gasteiger charge is 2.08. The molecule has 26 heavy (non-hydrogen) atoms. The first-order valence-electron chi connectivity index (χ1n) is 8.56. The molecule has 0 saturated carbocycles. The number of rotatable bonds is 2. The van der Waals surface area contributed by atoms with Gasteiger partial charge in [-0.15, -0.1) is 11.3 Å². The summed E-state index contributed by atoms with van der Waals surface area (Å²) in [7, 11) is 0. The smallest absolute Gasteiger partial charge is 0.0355 e. The molecule has 1 heterocycles. The van der Waals surface area contributed by atoms with Crippen LogP contribution in [0.5, 0.6) is 0 Å². The molecule has 0 amide bonds. The van der Waals surface area contributed by atoms with E-state index in [2.05, 4.69) is 114 Å². The molecule has 0 saturated heterocycles. The number of hydrogen-bond acceptors (Lipinski definition) is 1. The third-order valence-electron chi connectivity index (χ3n) is 4.75. The minimum atomic E-state index is 1.26. The van der Waals surface area contributed by atoms with E-state index in [1.807, 2.05) is 11.3 Å². The Morgan fingerprint density at radius 1 is 0.500 bits per heavy atom. The fourth-order valence-electron chi connectivity index (χ4n) is 3.41. The van der Waals surface area contributed by atoms with Crippen LogP contribution in [-0.2, 0) is 0 Å². The monoisotopic (exact) mass is 462 g/mol. The van der Waals surface area contributed by atoms with Gasteiger partial charge in [0.25, 0.3) is 0 Å². The van der Waals surface area contributed by atoms with Crippen LogP contribution in [0.3, 0.4) is 0 Å². The Bertz CT molecular complexity index is 1220. The first kappa shape index (κ1) is 16.0. The van der Waals surface area contributed by atoms with Gasteiger partial charge in [0.15, 0.2) is 0 Å². The van der Waals surface area contributed by atoms with E-state index in [0.29, 0.717) is 0 Å². The van der Waals surface area contributed by atoms with E-state index in [9.17, 15) is 0 Å². The molecule has 0 nitrogen and oxygen atoms in total. The van der Waals surface area contributed by atoms with Gasteiger partial charge in [-0.3, -0.25) is 0 Å². The average molecular weight is 462 g/mol. The van der Waals surface area contributed by atoms with Crippen LogP contribution < -0.4 is 0 Å². The molecule has 2 heteroatoms. The number of hydrogen-bond donors (Lipinski definition) is 0. The number of halogens is 1. The molecule has 0 N–H and O–H groups in total. The van der Waals surface area contributed by atoms with Crippen LogP contribution in [0.1, 0.15) is 0 Å². The third-order valence-corrected chi connectivity index (χ3v) is 6.62. The normalized spacial score (nSPS) is 11.3. The second-order valence-electron chi connectivity index (χ2n) is 6.40. The lowest BCUT2D eigenvalue weighted by Crippen LogP contribution is -1.79. The molecule has 0 aliphatic carbocycles. The molecule has 0 spiro atoms. The van der Waals surface area contributed by atoms with Gasteiger partial charge < -0.3 is 0 Å². The van der Waals surface area contributed by atoms with Crippen molar-refractivity contribution in [3.05, 3.63) is 94.6 Å². The van der Waals surface area contributed by atoms with Gasteiger partial charge in [0.1, 0.15) is 0 Å². The topological polar surface area (TPSA) is 0 Å². The SMILES string of the molecule is Ic1ccc(-c2ccc3sc4ccc(-c5ccccc5)cc4c3c2)cc1. The summed E-state index contributed by atoms with van der Waals surface area (Å²) in [6.45, 7) is 0. The van der Waals surface area contributed by atoms with Crippen molar-refractivity contribution >= 4 is 54.1 Å². The minimum absolute atomic E-state index is 1.26. The van der Waals surface area contributed by atoms with Gasteiger partial charge in [-0.1, -0.05) is 54.6 Å². The Morgan fingerprint density at radius 3 is 1.58 bits per heavy atom. The summed E-state index contributed by atoms with van der Waals surface area (Å²) in [5, 5.41) is 2.69. The van der Waals surface area contributed by atoms with E-state index >= 15 is 0 Å². The van der Waals surface area contributed by atoms with Crippen molar-refractivity contribution in [2.75, 3.05) is 0 Å². The van der Waals surface area contributed by atoms with E-state index in [1.165, 1.54) is 46.0 Å². The molecule has 5 rings (SSSR count). The maximum absolute atomic E-state index is 2.35. The van der Waals surface area contributed by atoms with Crippen LogP contribution in [0.15, 0.2) is 91.0 Å².